The van der Waals surface area contributed by atoms with Crippen molar-refractivity contribution < 1.29 is 4.42 Å². The molecule has 3 aromatic rings. The van der Waals surface area contributed by atoms with Gasteiger partial charge in [-0.2, -0.15) is 5.10 Å². The molecule has 0 atom stereocenters. The van der Waals surface area contributed by atoms with Gasteiger partial charge in [0.1, 0.15) is 5.76 Å². The molecule has 1 N–H and O–H groups in total. The Morgan fingerprint density at radius 1 is 1.08 bits per heavy atom. The largest absolute Gasteiger partial charge is 0.464 e. The molecule has 136 valence electrons. The number of benzene rings is 1. The lowest BCUT2D eigenvalue weighted by molar-refractivity contribution is 0.404. The van der Waals surface area contributed by atoms with E-state index in [0.717, 1.165) is 43.9 Å². The lowest BCUT2D eigenvalue weighted by atomic mass is 10.0. The van der Waals surface area contributed by atoms with Crippen molar-refractivity contribution in [3.63, 3.8) is 0 Å². The maximum atomic E-state index is 5.46. The van der Waals surface area contributed by atoms with E-state index in [-0.39, 0.29) is 0 Å². The summed E-state index contributed by atoms with van der Waals surface area (Å²) in [6.07, 6.45) is 9.09. The number of hydrogen-bond acceptors (Lipinski definition) is 4. The van der Waals surface area contributed by atoms with Gasteiger partial charge in [-0.15, -0.1) is 0 Å². The molecule has 3 heterocycles. The molecule has 0 spiro atoms. The van der Waals surface area contributed by atoms with Gasteiger partial charge in [-0.05, 0) is 68.3 Å². The first-order valence-electron chi connectivity index (χ1n) is 9.48. The quantitative estimate of drug-likeness (QED) is 0.659. The van der Waals surface area contributed by atoms with Crippen molar-refractivity contribution in [1.82, 2.24) is 15.1 Å². The number of aryl methyl sites for hydroxylation is 1. The van der Waals surface area contributed by atoms with Crippen LogP contribution in [0, 0.1) is 0 Å². The second-order valence-corrected chi connectivity index (χ2v) is 6.86. The van der Waals surface area contributed by atoms with E-state index in [1.165, 1.54) is 18.5 Å². The van der Waals surface area contributed by atoms with Crippen LogP contribution >= 0.6 is 0 Å². The van der Waals surface area contributed by atoms with Gasteiger partial charge in [0.15, 0.2) is 0 Å². The number of hydrogen-bond donors (Lipinski definition) is 1. The van der Waals surface area contributed by atoms with Crippen molar-refractivity contribution in [2.24, 2.45) is 0 Å². The normalized spacial score (nSPS) is 15.5. The summed E-state index contributed by atoms with van der Waals surface area (Å²) in [5.74, 6) is 0.926. The molecule has 0 radical (unpaired) electrons. The van der Waals surface area contributed by atoms with Gasteiger partial charge in [0.05, 0.1) is 6.26 Å². The number of rotatable bonds is 7. The third-order valence-electron chi connectivity index (χ3n) is 5.09. The van der Waals surface area contributed by atoms with Crippen molar-refractivity contribution in [1.29, 1.82) is 0 Å². The molecule has 1 aromatic carbocycles. The van der Waals surface area contributed by atoms with Crippen molar-refractivity contribution >= 4 is 5.69 Å². The predicted molar refractivity (Wildman–Crippen MR) is 104 cm³/mol. The van der Waals surface area contributed by atoms with E-state index in [1.807, 2.05) is 35.3 Å². The van der Waals surface area contributed by atoms with Crippen LogP contribution in [0.4, 0.5) is 5.69 Å². The second-order valence-electron chi connectivity index (χ2n) is 6.86. The number of nitrogens with zero attached hydrogens (tertiary/aromatic N) is 3. The standard InChI is InChI=1S/C21H26N4O/c1-4-21(26-17-1)18-5-7-20(8-6-18)24-15-9-19(10-16-24)22-11-2-13-25-14-3-12-23-25/h1,3-8,12,14,17,19,22H,2,9-11,13,15-16H2. The van der Waals surface area contributed by atoms with E-state index >= 15 is 0 Å². The molecule has 1 saturated heterocycles. The molecule has 0 amide bonds. The summed E-state index contributed by atoms with van der Waals surface area (Å²) in [5.41, 5.74) is 2.44. The topological polar surface area (TPSA) is 46.2 Å². The highest BCUT2D eigenvalue weighted by atomic mass is 16.3. The summed E-state index contributed by atoms with van der Waals surface area (Å²) in [4.78, 5) is 2.48. The molecule has 26 heavy (non-hydrogen) atoms. The van der Waals surface area contributed by atoms with Crippen LogP contribution < -0.4 is 10.2 Å². The number of nitrogens with one attached hydrogen (secondary N) is 1. The van der Waals surface area contributed by atoms with Crippen LogP contribution in [0.25, 0.3) is 11.3 Å². The van der Waals surface area contributed by atoms with E-state index < -0.39 is 0 Å². The summed E-state index contributed by atoms with van der Waals surface area (Å²) in [6.45, 7) is 4.26. The molecule has 0 aliphatic carbocycles. The van der Waals surface area contributed by atoms with Crippen LogP contribution in [0.1, 0.15) is 19.3 Å². The van der Waals surface area contributed by atoms with Crippen LogP contribution in [0.2, 0.25) is 0 Å². The fourth-order valence-corrected chi connectivity index (χ4v) is 3.60. The Morgan fingerprint density at radius 3 is 2.62 bits per heavy atom. The molecule has 2 aromatic heterocycles. The summed E-state index contributed by atoms with van der Waals surface area (Å²) in [7, 11) is 0. The third-order valence-corrected chi connectivity index (χ3v) is 5.09. The highest BCUT2D eigenvalue weighted by Gasteiger charge is 2.18. The van der Waals surface area contributed by atoms with Gasteiger partial charge in [-0.3, -0.25) is 4.68 Å². The number of piperidine rings is 1. The zero-order valence-corrected chi connectivity index (χ0v) is 15.1. The van der Waals surface area contributed by atoms with Gasteiger partial charge in [-0.1, -0.05) is 0 Å². The van der Waals surface area contributed by atoms with Crippen molar-refractivity contribution in [3.05, 3.63) is 61.1 Å². The molecule has 0 unspecified atom stereocenters. The fourth-order valence-electron chi connectivity index (χ4n) is 3.60. The zero-order chi connectivity index (χ0) is 17.6. The van der Waals surface area contributed by atoms with Crippen LogP contribution in [-0.2, 0) is 6.54 Å². The third kappa shape index (κ3) is 4.17. The van der Waals surface area contributed by atoms with E-state index in [9.17, 15) is 0 Å². The summed E-state index contributed by atoms with van der Waals surface area (Å²) in [5, 5.41) is 7.95. The lowest BCUT2D eigenvalue weighted by Gasteiger charge is -2.34. The van der Waals surface area contributed by atoms with Crippen molar-refractivity contribution in [3.8, 4) is 11.3 Å². The fraction of sp³-hybridized carbons (Fsp3) is 0.381. The maximum Gasteiger partial charge on any atom is 0.133 e. The average Bonchev–Trinajstić information content (AvgIpc) is 3.40. The van der Waals surface area contributed by atoms with Gasteiger partial charge >= 0.3 is 0 Å². The van der Waals surface area contributed by atoms with Gasteiger partial charge < -0.3 is 14.6 Å². The predicted octanol–water partition coefficient (Wildman–Crippen LogP) is 3.79. The second kappa shape index (κ2) is 8.23. The van der Waals surface area contributed by atoms with E-state index in [1.54, 1.807) is 6.26 Å². The average molecular weight is 350 g/mol. The van der Waals surface area contributed by atoms with Gasteiger partial charge in [-0.25, -0.2) is 0 Å². The Balaban J connectivity index is 1.21. The van der Waals surface area contributed by atoms with E-state index in [0.29, 0.717) is 6.04 Å². The molecular formula is C21H26N4O. The van der Waals surface area contributed by atoms with Crippen molar-refractivity contribution in [2.75, 3.05) is 24.5 Å². The Labute approximate surface area is 154 Å². The SMILES string of the molecule is c1coc(-c2ccc(N3CCC(NCCCn4cccn4)CC3)cc2)c1. The highest BCUT2D eigenvalue weighted by Crippen LogP contribution is 2.25. The Kier molecular flexibility index (Phi) is 5.36. The first kappa shape index (κ1) is 16.9. The first-order valence-corrected chi connectivity index (χ1v) is 9.48. The number of anilines is 1. The maximum absolute atomic E-state index is 5.46. The van der Waals surface area contributed by atoms with E-state index in [4.69, 9.17) is 4.42 Å². The molecule has 0 bridgehead atoms. The molecule has 5 nitrogen and oxygen atoms in total. The number of furan rings is 1. The molecule has 1 aliphatic heterocycles. The number of aromatic nitrogens is 2. The van der Waals surface area contributed by atoms with Crippen LogP contribution in [0.3, 0.4) is 0 Å². The van der Waals surface area contributed by atoms with Gasteiger partial charge in [0.25, 0.3) is 0 Å². The summed E-state index contributed by atoms with van der Waals surface area (Å²) in [6, 6.07) is 15.2. The summed E-state index contributed by atoms with van der Waals surface area (Å²) >= 11 is 0. The Bertz CT molecular complexity index is 757. The molecule has 1 aliphatic rings. The van der Waals surface area contributed by atoms with Crippen LogP contribution in [-0.4, -0.2) is 35.5 Å². The minimum Gasteiger partial charge on any atom is -0.464 e. The van der Waals surface area contributed by atoms with Crippen LogP contribution in [0.5, 0.6) is 0 Å². The monoisotopic (exact) mass is 350 g/mol. The minimum atomic E-state index is 0.631. The van der Waals surface area contributed by atoms with E-state index in [2.05, 4.69) is 39.6 Å². The van der Waals surface area contributed by atoms with Gasteiger partial charge in [0, 0.05) is 49.3 Å². The molecule has 0 saturated carbocycles. The molecule has 5 heteroatoms. The minimum absolute atomic E-state index is 0.631. The smallest absolute Gasteiger partial charge is 0.133 e. The Hall–Kier alpha value is -2.53. The molecular weight excluding hydrogens is 324 g/mol. The molecule has 4 rings (SSSR count). The summed E-state index contributed by atoms with van der Waals surface area (Å²) < 4.78 is 7.46. The highest BCUT2D eigenvalue weighted by molar-refractivity contribution is 5.61. The molecule has 1 fully saturated rings. The van der Waals surface area contributed by atoms with Crippen LogP contribution in [0.15, 0.2) is 65.5 Å². The van der Waals surface area contributed by atoms with Crippen molar-refractivity contribution in [2.45, 2.75) is 31.8 Å². The zero-order valence-electron chi connectivity index (χ0n) is 15.1. The Morgan fingerprint density at radius 2 is 1.92 bits per heavy atom. The lowest BCUT2D eigenvalue weighted by Crippen LogP contribution is -2.43. The first-order chi connectivity index (χ1) is 12.9. The van der Waals surface area contributed by atoms with Gasteiger partial charge in [0.2, 0.25) is 0 Å².